The van der Waals surface area contributed by atoms with Gasteiger partial charge in [-0.25, -0.2) is 0 Å². The molecule has 2 unspecified atom stereocenters. The molecule has 6 rings (SSSR count). The van der Waals surface area contributed by atoms with Crippen molar-refractivity contribution in [2.45, 2.75) is 31.1 Å². The monoisotopic (exact) mass is 638 g/mol. The van der Waals surface area contributed by atoms with Crippen molar-refractivity contribution in [3.05, 3.63) is 226 Å². The van der Waals surface area contributed by atoms with E-state index in [1.54, 1.807) is 0 Å². The van der Waals surface area contributed by atoms with Crippen LogP contribution in [0.1, 0.15) is 45.9 Å². The zero-order valence-corrected chi connectivity index (χ0v) is 28.9. The van der Waals surface area contributed by atoms with Crippen LogP contribution >= 0.6 is 10.5 Å². The van der Waals surface area contributed by atoms with E-state index in [-0.39, 0.29) is 10.5 Å². The maximum absolute atomic E-state index is 4.41. The molecule has 2 aliphatic rings. The summed E-state index contributed by atoms with van der Waals surface area (Å²) in [5.74, 6) is 0. The molecular formula is C47H42S. The van der Waals surface area contributed by atoms with Crippen LogP contribution in [0.3, 0.4) is 0 Å². The molecule has 0 spiro atoms. The van der Waals surface area contributed by atoms with E-state index in [9.17, 15) is 0 Å². The van der Waals surface area contributed by atoms with Gasteiger partial charge >= 0.3 is 0 Å². The molecule has 2 atom stereocenters. The van der Waals surface area contributed by atoms with E-state index >= 15 is 0 Å². The van der Waals surface area contributed by atoms with Crippen LogP contribution in [0.2, 0.25) is 0 Å². The van der Waals surface area contributed by atoms with Gasteiger partial charge in [0.15, 0.2) is 0 Å². The molecule has 0 nitrogen and oxygen atoms in total. The van der Waals surface area contributed by atoms with Gasteiger partial charge in [0, 0.05) is 4.90 Å². The first-order valence-electron chi connectivity index (χ1n) is 16.4. The first-order valence-corrected chi connectivity index (χ1v) is 17.7. The van der Waals surface area contributed by atoms with Crippen LogP contribution < -0.4 is 0 Å². The molecule has 1 heteroatoms. The van der Waals surface area contributed by atoms with E-state index in [4.69, 9.17) is 0 Å². The number of benzene rings is 4. The Kier molecular flexibility index (Phi) is 9.71. The molecular weight excluding hydrogens is 597 g/mol. The van der Waals surface area contributed by atoms with E-state index in [0.717, 1.165) is 22.3 Å². The zero-order chi connectivity index (χ0) is 33.7. The first kappa shape index (κ1) is 32.7. The van der Waals surface area contributed by atoms with Crippen molar-refractivity contribution in [1.29, 1.82) is 0 Å². The van der Waals surface area contributed by atoms with Crippen molar-refractivity contribution < 1.29 is 0 Å². The van der Waals surface area contributed by atoms with E-state index in [0.29, 0.717) is 0 Å². The Bertz CT molecular complexity index is 2140. The van der Waals surface area contributed by atoms with Gasteiger partial charge in [0.1, 0.15) is 0 Å². The summed E-state index contributed by atoms with van der Waals surface area (Å²) in [6, 6.07) is 34.8. The summed E-state index contributed by atoms with van der Waals surface area (Å²) in [5, 5.41) is 4.73. The van der Waals surface area contributed by atoms with Crippen molar-refractivity contribution in [3.8, 4) is 0 Å². The summed E-state index contributed by atoms with van der Waals surface area (Å²) in [4.78, 5) is 1.29. The van der Waals surface area contributed by atoms with Crippen LogP contribution in [0.25, 0.3) is 17.2 Å². The highest BCUT2D eigenvalue weighted by Crippen LogP contribution is 2.47. The van der Waals surface area contributed by atoms with Gasteiger partial charge in [-0.3, -0.25) is 0 Å². The molecule has 1 aliphatic carbocycles. The van der Waals surface area contributed by atoms with Crippen LogP contribution in [0.5, 0.6) is 0 Å². The number of aryl methyl sites for hydroxylation is 2. The predicted octanol–water partition coefficient (Wildman–Crippen LogP) is 12.5. The molecule has 1 heterocycles. The minimum absolute atomic E-state index is 0.177. The highest BCUT2D eigenvalue weighted by atomic mass is 32.2. The molecule has 1 aliphatic heterocycles. The number of hydrogen-bond donors (Lipinski definition) is 0. The molecule has 0 fully saturated rings. The molecule has 0 bridgehead atoms. The van der Waals surface area contributed by atoms with Gasteiger partial charge in [-0.1, -0.05) is 159 Å². The highest BCUT2D eigenvalue weighted by Gasteiger charge is 2.37. The van der Waals surface area contributed by atoms with Crippen molar-refractivity contribution in [3.63, 3.8) is 0 Å². The van der Waals surface area contributed by atoms with Crippen LogP contribution in [0.4, 0.5) is 0 Å². The van der Waals surface area contributed by atoms with Crippen molar-refractivity contribution in [1.82, 2.24) is 0 Å². The van der Waals surface area contributed by atoms with Gasteiger partial charge in [0.2, 0.25) is 0 Å². The molecule has 0 saturated heterocycles. The summed E-state index contributed by atoms with van der Waals surface area (Å²) in [6.45, 7) is 19.4. The lowest BCUT2D eigenvalue weighted by molar-refractivity contribution is 0.775. The molecule has 236 valence electrons. The molecule has 0 saturated carbocycles. The quantitative estimate of drug-likeness (QED) is 0.133. The normalized spacial score (nSPS) is 19.8. The third kappa shape index (κ3) is 6.35. The standard InChI is InChI=1S/C47H42S/c1-7-38(24-25-39-19-12-11-17-35(39)4)46(34(2)3)44-27-26-42(33-37(44)6)48-31-28-41(29-32-48)47(40-20-9-8-10-21-40)30-16-15-18-36(5)43-22-13-14-23-45(43)47/h7-33H,1-2,5H2,3-4,6H3/b18-15-,25-24-,30-16?,46-38+. The number of allylic oxidation sites excluding steroid dienone is 13. The Hall–Kier alpha value is -5.24. The minimum atomic E-state index is -0.456. The minimum Gasteiger partial charge on any atom is -0.131 e. The lowest BCUT2D eigenvalue weighted by atomic mass is 9.66. The Balaban J connectivity index is 1.41. The van der Waals surface area contributed by atoms with Gasteiger partial charge in [0.25, 0.3) is 0 Å². The van der Waals surface area contributed by atoms with E-state index < -0.39 is 5.41 Å². The van der Waals surface area contributed by atoms with Crippen LogP contribution in [0, 0.1) is 13.8 Å². The summed E-state index contributed by atoms with van der Waals surface area (Å²) in [6.07, 6.45) is 19.6. The third-order valence-electron chi connectivity index (χ3n) is 9.23. The zero-order valence-electron chi connectivity index (χ0n) is 28.1. The molecule has 0 amide bonds. The average Bonchev–Trinajstić information content (AvgIpc) is 3.11. The van der Waals surface area contributed by atoms with E-state index in [1.807, 2.05) is 6.08 Å². The lowest BCUT2D eigenvalue weighted by Crippen LogP contribution is -2.29. The van der Waals surface area contributed by atoms with Gasteiger partial charge < -0.3 is 0 Å². The highest BCUT2D eigenvalue weighted by molar-refractivity contribution is 8.17. The van der Waals surface area contributed by atoms with Gasteiger partial charge in [-0.2, -0.15) is 0 Å². The van der Waals surface area contributed by atoms with Gasteiger partial charge in [-0.05, 0) is 110 Å². The Labute approximate surface area is 289 Å². The second-order valence-corrected chi connectivity index (χ2v) is 14.1. The van der Waals surface area contributed by atoms with E-state index in [2.05, 4.69) is 197 Å². The van der Waals surface area contributed by atoms with Crippen molar-refractivity contribution in [2.75, 3.05) is 0 Å². The summed E-state index contributed by atoms with van der Waals surface area (Å²) in [7, 11) is -0.177. The van der Waals surface area contributed by atoms with Crippen LogP contribution in [-0.4, -0.2) is 5.37 Å². The fraction of sp³-hybridized carbons (Fsp3) is 0.0851. The smallest absolute Gasteiger partial charge is 0.0641 e. The molecule has 4 aromatic rings. The average molecular weight is 639 g/mol. The SMILES string of the molecule is C=CC(/C=C\c1ccccc1C)=C(/C(=C)C)c1ccc(S2=CC=C(C3(c4ccccc4)C=C/C=C\C(=C)c4ccccc43)C=C2)cc1C. The number of rotatable bonds is 8. The van der Waals surface area contributed by atoms with Gasteiger partial charge in [0.05, 0.1) is 5.41 Å². The molecule has 0 aromatic heterocycles. The lowest BCUT2D eigenvalue weighted by Gasteiger charge is -2.37. The second-order valence-electron chi connectivity index (χ2n) is 12.4. The van der Waals surface area contributed by atoms with E-state index in [1.165, 1.54) is 49.4 Å². The molecule has 0 radical (unpaired) electrons. The van der Waals surface area contributed by atoms with Crippen LogP contribution in [-0.2, 0) is 5.41 Å². The van der Waals surface area contributed by atoms with Crippen molar-refractivity contribution >= 4 is 33.1 Å². The maximum atomic E-state index is 4.41. The fourth-order valence-corrected chi connectivity index (χ4v) is 8.27. The Morgan fingerprint density at radius 3 is 2.27 bits per heavy atom. The molecule has 48 heavy (non-hydrogen) atoms. The Morgan fingerprint density at radius 1 is 0.812 bits per heavy atom. The third-order valence-corrected chi connectivity index (χ3v) is 10.9. The van der Waals surface area contributed by atoms with Crippen LogP contribution in [0.15, 0.2) is 192 Å². The summed E-state index contributed by atoms with van der Waals surface area (Å²) in [5.41, 5.74) is 13.5. The second kappa shape index (κ2) is 14.3. The topological polar surface area (TPSA) is 0 Å². The maximum Gasteiger partial charge on any atom is 0.0641 e. The number of fused-ring (bicyclic) bond motifs is 1. The number of hydrogen-bond acceptors (Lipinski definition) is 0. The predicted molar refractivity (Wildman–Crippen MR) is 213 cm³/mol. The first-order chi connectivity index (χ1) is 23.3. The molecule has 0 N–H and O–H groups in total. The summed E-state index contributed by atoms with van der Waals surface area (Å²) < 4.78 is 0. The molecule has 4 aromatic carbocycles. The van der Waals surface area contributed by atoms with Crippen molar-refractivity contribution in [2.24, 2.45) is 0 Å². The van der Waals surface area contributed by atoms with Gasteiger partial charge in [-0.15, -0.1) is 10.5 Å². The fourth-order valence-electron chi connectivity index (χ4n) is 6.75. The summed E-state index contributed by atoms with van der Waals surface area (Å²) >= 11 is 0. The Morgan fingerprint density at radius 2 is 1.56 bits per heavy atom. The largest absolute Gasteiger partial charge is 0.131 e.